The van der Waals surface area contributed by atoms with Crippen LogP contribution in [-0.2, 0) is 0 Å². The van der Waals surface area contributed by atoms with E-state index in [9.17, 15) is 0 Å². The molecule has 0 nitrogen and oxygen atoms in total. The Morgan fingerprint density at radius 3 is 1.36 bits per heavy atom. The van der Waals surface area contributed by atoms with Crippen LogP contribution in [0.1, 0.15) is 77.6 Å². The third-order valence-electron chi connectivity index (χ3n) is 2.60. The maximum Gasteiger partial charge on any atom is 0 e. The Hall–Kier alpha value is 1.38. The molecule has 0 aliphatic carbocycles. The first-order chi connectivity index (χ1) is 6.41. The summed E-state index contributed by atoms with van der Waals surface area (Å²) in [7, 11) is 0. The summed E-state index contributed by atoms with van der Waals surface area (Å²) >= 11 is 0. The van der Waals surface area contributed by atoms with E-state index < -0.39 is 0 Å². The van der Waals surface area contributed by atoms with Gasteiger partial charge in [0.05, 0.1) is 0 Å². The normalized spacial score (nSPS) is 9.86. The minimum absolute atomic E-state index is 0. The smallest absolute Gasteiger partial charge is 0 e. The fourth-order valence-electron chi connectivity index (χ4n) is 1.66. The molecular formula is C13H27Ce-. The van der Waals surface area contributed by atoms with Gasteiger partial charge in [-0.1, -0.05) is 71.1 Å². The van der Waals surface area contributed by atoms with Gasteiger partial charge in [0.2, 0.25) is 0 Å². The van der Waals surface area contributed by atoms with Crippen molar-refractivity contribution in [1.82, 2.24) is 0 Å². The van der Waals surface area contributed by atoms with Gasteiger partial charge in [-0.25, -0.2) is 0 Å². The van der Waals surface area contributed by atoms with E-state index >= 15 is 0 Å². The molecule has 0 bridgehead atoms. The average molecular weight is 323 g/mol. The van der Waals surface area contributed by atoms with Crippen LogP contribution >= 0.6 is 0 Å². The van der Waals surface area contributed by atoms with Crippen LogP contribution in [0.2, 0.25) is 0 Å². The molecule has 0 radical (unpaired) electrons. The van der Waals surface area contributed by atoms with Crippen molar-refractivity contribution in [1.29, 1.82) is 0 Å². The minimum atomic E-state index is 0. The SMILES string of the molecule is [CH2-]CCCCCCCCCCCC.[Ce]. The number of unbranched alkanes of at least 4 members (excludes halogenated alkanes) is 10. The summed E-state index contributed by atoms with van der Waals surface area (Å²) in [6.45, 7) is 6.13. The maximum atomic E-state index is 3.85. The molecule has 0 fully saturated rings. The first-order valence-corrected chi connectivity index (χ1v) is 6.21. The monoisotopic (exact) mass is 323 g/mol. The van der Waals surface area contributed by atoms with Crippen molar-refractivity contribution in [2.45, 2.75) is 77.6 Å². The molecule has 1 heteroatoms. The van der Waals surface area contributed by atoms with Crippen molar-refractivity contribution in [3.8, 4) is 0 Å². The quantitative estimate of drug-likeness (QED) is 0.386. The van der Waals surface area contributed by atoms with Gasteiger partial charge in [-0.05, 0) is 0 Å². The van der Waals surface area contributed by atoms with Gasteiger partial charge >= 0.3 is 0 Å². The van der Waals surface area contributed by atoms with Crippen LogP contribution in [0, 0.1) is 48.7 Å². The fourth-order valence-corrected chi connectivity index (χ4v) is 1.66. The van der Waals surface area contributed by atoms with E-state index in [0.29, 0.717) is 0 Å². The number of rotatable bonds is 10. The minimum Gasteiger partial charge on any atom is -0.343 e. The zero-order valence-corrected chi connectivity index (χ0v) is 13.1. The zero-order chi connectivity index (χ0) is 9.78. The van der Waals surface area contributed by atoms with Crippen LogP contribution in [0.3, 0.4) is 0 Å². The van der Waals surface area contributed by atoms with Crippen molar-refractivity contribution in [2.75, 3.05) is 0 Å². The van der Waals surface area contributed by atoms with E-state index in [1.165, 1.54) is 64.2 Å². The Bertz CT molecular complexity index is 71.3. The van der Waals surface area contributed by atoms with E-state index in [1.807, 2.05) is 0 Å². The third kappa shape index (κ3) is 15.8. The standard InChI is InChI=1S/C13H27.Ce/c1-3-5-7-9-11-13-12-10-8-6-4-2;/h1,3-13H2,2H3;/q-1;. The second-order valence-corrected chi connectivity index (χ2v) is 4.04. The Balaban J connectivity index is 0. The molecule has 0 rings (SSSR count). The predicted octanol–water partition coefficient (Wildman–Crippen LogP) is 5.13. The summed E-state index contributed by atoms with van der Waals surface area (Å²) in [5, 5.41) is 0. The van der Waals surface area contributed by atoms with Crippen molar-refractivity contribution in [2.24, 2.45) is 0 Å². The molecule has 0 spiro atoms. The van der Waals surface area contributed by atoms with Gasteiger partial charge in [0.15, 0.2) is 0 Å². The van der Waals surface area contributed by atoms with Crippen LogP contribution in [0.4, 0.5) is 0 Å². The Labute approximate surface area is 125 Å². The fraction of sp³-hybridized carbons (Fsp3) is 0.923. The first-order valence-electron chi connectivity index (χ1n) is 6.21. The van der Waals surface area contributed by atoms with Crippen molar-refractivity contribution in [3.05, 3.63) is 6.92 Å². The molecular weight excluding hydrogens is 296 g/mol. The van der Waals surface area contributed by atoms with Gasteiger partial charge in [0.25, 0.3) is 0 Å². The maximum absolute atomic E-state index is 3.85. The second-order valence-electron chi connectivity index (χ2n) is 4.04. The Morgan fingerprint density at radius 2 is 1.00 bits per heavy atom. The van der Waals surface area contributed by atoms with Crippen molar-refractivity contribution in [3.63, 3.8) is 0 Å². The molecule has 0 heterocycles. The average Bonchev–Trinajstić information content (AvgIpc) is 2.16. The summed E-state index contributed by atoms with van der Waals surface area (Å²) in [5.74, 6) is 0. The molecule has 0 unspecified atom stereocenters. The van der Waals surface area contributed by atoms with E-state index in [2.05, 4.69) is 13.8 Å². The first kappa shape index (κ1) is 17.8. The zero-order valence-electron chi connectivity index (χ0n) is 9.99. The summed E-state index contributed by atoms with van der Waals surface area (Å²) in [4.78, 5) is 0. The van der Waals surface area contributed by atoms with E-state index in [0.717, 1.165) is 6.42 Å². The Morgan fingerprint density at radius 1 is 0.643 bits per heavy atom. The second kappa shape index (κ2) is 16.8. The molecule has 0 amide bonds. The van der Waals surface area contributed by atoms with Gasteiger partial charge in [-0.3, -0.25) is 0 Å². The summed E-state index contributed by atoms with van der Waals surface area (Å²) in [6, 6.07) is 0. The molecule has 0 aromatic heterocycles. The molecule has 0 aromatic carbocycles. The molecule has 0 saturated carbocycles. The topological polar surface area (TPSA) is 0 Å². The van der Waals surface area contributed by atoms with Gasteiger partial charge < -0.3 is 6.92 Å². The molecule has 0 N–H and O–H groups in total. The Kier molecular flexibility index (Phi) is 21.3. The van der Waals surface area contributed by atoms with Crippen molar-refractivity contribution >= 4 is 0 Å². The van der Waals surface area contributed by atoms with Gasteiger partial charge in [0.1, 0.15) is 0 Å². The molecule has 14 heavy (non-hydrogen) atoms. The van der Waals surface area contributed by atoms with Crippen LogP contribution in [-0.4, -0.2) is 0 Å². The van der Waals surface area contributed by atoms with E-state index in [1.54, 1.807) is 0 Å². The van der Waals surface area contributed by atoms with Crippen molar-refractivity contribution < 1.29 is 41.7 Å². The van der Waals surface area contributed by atoms with Crippen LogP contribution in [0.15, 0.2) is 0 Å². The summed E-state index contributed by atoms with van der Waals surface area (Å²) < 4.78 is 0. The number of hydrogen-bond acceptors (Lipinski definition) is 0. The van der Waals surface area contributed by atoms with Crippen LogP contribution in [0.25, 0.3) is 0 Å². The molecule has 0 aromatic rings. The summed E-state index contributed by atoms with van der Waals surface area (Å²) in [5.41, 5.74) is 0. The predicted molar refractivity (Wildman–Crippen MR) is 61.8 cm³/mol. The molecule has 0 atom stereocenters. The molecule has 0 aliphatic heterocycles. The summed E-state index contributed by atoms with van der Waals surface area (Å²) in [6.07, 6.45) is 15.4. The van der Waals surface area contributed by atoms with E-state index in [4.69, 9.17) is 0 Å². The molecule has 0 saturated heterocycles. The largest absolute Gasteiger partial charge is 0.343 e. The number of hydrogen-bond donors (Lipinski definition) is 0. The molecule has 84 valence electrons. The van der Waals surface area contributed by atoms with Gasteiger partial charge in [-0.2, -0.15) is 6.42 Å². The third-order valence-corrected chi connectivity index (χ3v) is 2.60. The van der Waals surface area contributed by atoms with E-state index in [-0.39, 0.29) is 41.7 Å². The van der Waals surface area contributed by atoms with Crippen LogP contribution < -0.4 is 0 Å². The van der Waals surface area contributed by atoms with Crippen LogP contribution in [0.5, 0.6) is 0 Å². The molecule has 0 aliphatic rings. The van der Waals surface area contributed by atoms with Gasteiger partial charge in [0, 0.05) is 41.7 Å². The van der Waals surface area contributed by atoms with Gasteiger partial charge in [-0.15, -0.1) is 0 Å².